The third-order valence-electron chi connectivity index (χ3n) is 6.21. The molecule has 1 aromatic rings. The third-order valence-corrected chi connectivity index (χ3v) is 6.21. The number of hydroxylamine groups is 1. The highest BCUT2D eigenvalue weighted by Gasteiger charge is 2.73. The van der Waals surface area contributed by atoms with Gasteiger partial charge in [-0.15, -0.1) is 0 Å². The van der Waals surface area contributed by atoms with Crippen molar-refractivity contribution in [2.75, 3.05) is 32.4 Å². The van der Waals surface area contributed by atoms with E-state index in [1.165, 1.54) is 45.0 Å². The average Bonchev–Trinajstić information content (AvgIpc) is 3.49. The van der Waals surface area contributed by atoms with Gasteiger partial charge in [0.2, 0.25) is 5.91 Å². The van der Waals surface area contributed by atoms with Crippen molar-refractivity contribution in [2.45, 2.75) is 50.8 Å². The van der Waals surface area contributed by atoms with Gasteiger partial charge < -0.3 is 34.3 Å². The Balaban J connectivity index is 1.96. The number of carbonyl (C=O) groups excluding carboxylic acids is 4. The van der Waals surface area contributed by atoms with Gasteiger partial charge >= 0.3 is 18.0 Å². The second-order valence-corrected chi connectivity index (χ2v) is 8.44. The molecule has 2 N–H and O–H groups in total. The van der Waals surface area contributed by atoms with Crippen molar-refractivity contribution in [3.05, 3.63) is 23.3 Å². The van der Waals surface area contributed by atoms with Crippen LogP contribution in [-0.2, 0) is 38.2 Å². The highest BCUT2D eigenvalue weighted by molar-refractivity contribution is 5.80. The van der Waals surface area contributed by atoms with E-state index in [4.69, 9.17) is 34.3 Å². The normalized spacial score (nSPS) is 25.9. The summed E-state index contributed by atoms with van der Waals surface area (Å²) in [6.45, 7) is 3.69. The van der Waals surface area contributed by atoms with Crippen LogP contribution in [0.2, 0.25) is 0 Å². The van der Waals surface area contributed by atoms with Crippen LogP contribution in [0.25, 0.3) is 0 Å². The van der Waals surface area contributed by atoms with Crippen LogP contribution in [0.3, 0.4) is 0 Å². The quantitative estimate of drug-likeness (QED) is 0.247. The van der Waals surface area contributed by atoms with Crippen molar-refractivity contribution in [3.8, 4) is 5.75 Å². The molecule has 190 valence electrons. The predicted molar refractivity (Wildman–Crippen MR) is 116 cm³/mol. The van der Waals surface area contributed by atoms with E-state index >= 15 is 0 Å². The zero-order chi connectivity index (χ0) is 25.7. The molecule has 4 unspecified atom stereocenters. The molecule has 0 spiro atoms. The number of ether oxygens (including phenoxy) is 5. The molecular formula is C22H27N3O10. The minimum absolute atomic E-state index is 0.0977. The van der Waals surface area contributed by atoms with E-state index in [1.807, 2.05) is 0 Å². The fourth-order valence-corrected chi connectivity index (χ4v) is 5.08. The molecular weight excluding hydrogens is 466 g/mol. The molecule has 3 heterocycles. The molecule has 13 nitrogen and oxygen atoms in total. The summed E-state index contributed by atoms with van der Waals surface area (Å²) in [6.07, 6.45) is -1.87. The third kappa shape index (κ3) is 4.15. The van der Waals surface area contributed by atoms with Crippen molar-refractivity contribution in [3.63, 3.8) is 0 Å². The Hall–Kier alpha value is -3.42. The number of nitrogens with two attached hydrogens (primary N) is 1. The van der Waals surface area contributed by atoms with Crippen molar-refractivity contribution in [2.24, 2.45) is 5.73 Å². The van der Waals surface area contributed by atoms with Crippen LogP contribution in [-0.4, -0.2) is 74.1 Å². The van der Waals surface area contributed by atoms with Crippen molar-refractivity contribution in [1.29, 1.82) is 0 Å². The molecule has 3 aliphatic rings. The number of methoxy groups -OCH3 is 2. The van der Waals surface area contributed by atoms with Crippen LogP contribution >= 0.6 is 0 Å². The van der Waals surface area contributed by atoms with Crippen LogP contribution in [0.4, 0.5) is 10.5 Å². The van der Waals surface area contributed by atoms with E-state index in [0.717, 1.165) is 0 Å². The van der Waals surface area contributed by atoms with E-state index in [-0.39, 0.29) is 30.9 Å². The van der Waals surface area contributed by atoms with E-state index in [1.54, 1.807) is 12.1 Å². The van der Waals surface area contributed by atoms with Crippen LogP contribution in [0.1, 0.15) is 44.1 Å². The summed E-state index contributed by atoms with van der Waals surface area (Å²) < 4.78 is 27.2. The summed E-state index contributed by atoms with van der Waals surface area (Å²) in [5.74, 6) is -4.22. The number of fused-ring (bicyclic) bond motifs is 6. The summed E-state index contributed by atoms with van der Waals surface area (Å²) in [5, 5.41) is 1.47. The zero-order valence-electron chi connectivity index (χ0n) is 19.9. The lowest BCUT2D eigenvalue weighted by Crippen LogP contribution is -2.61. The highest BCUT2D eigenvalue weighted by Crippen LogP contribution is 2.58. The molecule has 2 amide bonds. The van der Waals surface area contributed by atoms with Crippen LogP contribution in [0.5, 0.6) is 5.75 Å². The molecule has 0 aromatic heterocycles. The van der Waals surface area contributed by atoms with Gasteiger partial charge in [-0.3, -0.25) is 14.4 Å². The van der Waals surface area contributed by atoms with Gasteiger partial charge in [-0.1, -0.05) is 0 Å². The maximum Gasteiger partial charge on any atom is 0.404 e. The van der Waals surface area contributed by atoms with Crippen LogP contribution in [0, 0.1) is 0 Å². The Morgan fingerprint density at radius 3 is 2.37 bits per heavy atom. The molecule has 0 radical (unpaired) electrons. The second kappa shape index (κ2) is 8.98. The molecule has 2 bridgehead atoms. The van der Waals surface area contributed by atoms with Gasteiger partial charge in [0.25, 0.3) is 5.79 Å². The van der Waals surface area contributed by atoms with Crippen LogP contribution < -0.4 is 15.5 Å². The summed E-state index contributed by atoms with van der Waals surface area (Å²) in [6, 6.07) is 2.25. The van der Waals surface area contributed by atoms with Gasteiger partial charge in [0.15, 0.2) is 6.29 Å². The molecule has 3 aliphatic heterocycles. The van der Waals surface area contributed by atoms with Gasteiger partial charge in [-0.2, -0.15) is 0 Å². The number of nitrogens with zero attached hydrogens (tertiary/aromatic N) is 2. The average molecular weight is 493 g/mol. The topological polar surface area (TPSA) is 156 Å². The van der Waals surface area contributed by atoms with Gasteiger partial charge in [0.1, 0.15) is 18.4 Å². The van der Waals surface area contributed by atoms with E-state index in [9.17, 15) is 19.2 Å². The monoisotopic (exact) mass is 493 g/mol. The van der Waals surface area contributed by atoms with Gasteiger partial charge in [0, 0.05) is 46.1 Å². The Kier molecular flexibility index (Phi) is 6.34. The molecule has 0 aliphatic carbocycles. The molecule has 4 rings (SSSR count). The first kappa shape index (κ1) is 24.7. The number of rotatable bonds is 7. The lowest BCUT2D eigenvalue weighted by atomic mass is 9.82. The maximum atomic E-state index is 12.4. The Labute approximate surface area is 200 Å². The number of hydrogen-bond acceptors (Lipinski definition) is 11. The first-order valence-electron chi connectivity index (χ1n) is 10.8. The summed E-state index contributed by atoms with van der Waals surface area (Å²) >= 11 is 0. The fraction of sp³-hybridized carbons (Fsp3) is 0.545. The molecule has 2 saturated heterocycles. The van der Waals surface area contributed by atoms with E-state index in [2.05, 4.69) is 0 Å². The SMILES string of the molecule is COC(OC)c1cc(OC(C)=O)c2c(c1)N1CC3C(N3C(C)=O)C(OC(C)=O)(O1)C2COC(N)=O. The Morgan fingerprint density at radius 1 is 1.14 bits per heavy atom. The minimum atomic E-state index is -1.76. The van der Waals surface area contributed by atoms with Crippen molar-refractivity contribution >= 4 is 29.6 Å². The number of anilines is 1. The second-order valence-electron chi connectivity index (χ2n) is 8.44. The van der Waals surface area contributed by atoms with Crippen molar-refractivity contribution < 1.29 is 47.7 Å². The standard InChI is InChI=1S/C22H27N3O10/c1-10(26)25-16-8-24-15-6-13(20(30-4)31-5)7-17(33-11(2)27)18(15)14(9-32-21(23)29)22(35-24,19(16)25)34-12(3)28/h6-7,14,16,19-20H,8-9H2,1-5H3,(H2,23,29). The number of carbonyl (C=O) groups is 4. The fourth-order valence-electron chi connectivity index (χ4n) is 5.08. The summed E-state index contributed by atoms with van der Waals surface area (Å²) in [5.41, 5.74) is 6.55. The van der Waals surface area contributed by atoms with Gasteiger partial charge in [-0.05, 0) is 12.1 Å². The van der Waals surface area contributed by atoms with E-state index in [0.29, 0.717) is 16.8 Å². The molecule has 13 heteroatoms. The molecule has 0 saturated carbocycles. The predicted octanol–water partition coefficient (Wildman–Crippen LogP) is 0.706. The lowest BCUT2D eigenvalue weighted by Gasteiger charge is -2.49. The molecule has 1 aromatic carbocycles. The number of amides is 2. The minimum Gasteiger partial charge on any atom is -0.449 e. The Morgan fingerprint density at radius 2 is 1.83 bits per heavy atom. The largest absolute Gasteiger partial charge is 0.449 e. The molecule has 4 atom stereocenters. The van der Waals surface area contributed by atoms with Crippen LogP contribution in [0.15, 0.2) is 12.1 Å². The zero-order valence-corrected chi connectivity index (χ0v) is 19.9. The number of hydrogen-bond donors (Lipinski definition) is 1. The number of primary amides is 1. The lowest BCUT2D eigenvalue weighted by molar-refractivity contribution is -0.265. The summed E-state index contributed by atoms with van der Waals surface area (Å²) in [4.78, 5) is 56.0. The van der Waals surface area contributed by atoms with Gasteiger partial charge in [0.05, 0.1) is 24.2 Å². The maximum absolute atomic E-state index is 12.4. The molecule has 35 heavy (non-hydrogen) atoms. The number of benzene rings is 1. The first-order valence-corrected chi connectivity index (χ1v) is 10.8. The first-order chi connectivity index (χ1) is 16.5. The van der Waals surface area contributed by atoms with Crippen molar-refractivity contribution in [1.82, 2.24) is 4.90 Å². The molecule has 2 fully saturated rings. The van der Waals surface area contributed by atoms with Gasteiger partial charge in [-0.25, -0.2) is 14.7 Å². The smallest absolute Gasteiger partial charge is 0.404 e. The van der Waals surface area contributed by atoms with E-state index < -0.39 is 42.1 Å². The number of esters is 2. The Bertz CT molecular complexity index is 1070. The summed E-state index contributed by atoms with van der Waals surface area (Å²) in [7, 11) is 2.90. The highest BCUT2D eigenvalue weighted by atomic mass is 16.8.